The molecule has 1 aromatic carbocycles. The minimum absolute atomic E-state index is 0.344. The maximum atomic E-state index is 11.2. The second-order valence-corrected chi connectivity index (χ2v) is 5.18. The second kappa shape index (κ2) is 6.89. The summed E-state index contributed by atoms with van der Waals surface area (Å²) in [6, 6.07) is 7.77. The van der Waals surface area contributed by atoms with Crippen LogP contribution in [-0.2, 0) is 4.79 Å². The van der Waals surface area contributed by atoms with Crippen molar-refractivity contribution in [3.8, 4) is 0 Å². The number of halogens is 1. The first kappa shape index (κ1) is 13.5. The maximum Gasteiger partial charge on any atom is 0.310 e. The maximum absolute atomic E-state index is 11.2. The lowest BCUT2D eigenvalue weighted by Crippen LogP contribution is -2.11. The molecule has 0 bridgehead atoms. The highest BCUT2D eigenvalue weighted by atomic mass is 127. The number of hydrogen-bond acceptors (Lipinski definition) is 1. The molecule has 0 fully saturated rings. The van der Waals surface area contributed by atoms with Crippen molar-refractivity contribution in [3.63, 3.8) is 0 Å². The Kier molecular flexibility index (Phi) is 5.80. The van der Waals surface area contributed by atoms with Crippen molar-refractivity contribution in [3.05, 3.63) is 33.4 Å². The Morgan fingerprint density at radius 2 is 1.94 bits per heavy atom. The predicted octanol–water partition coefficient (Wildman–Crippen LogP) is 4.04. The third kappa shape index (κ3) is 4.12. The molecule has 0 saturated heterocycles. The van der Waals surface area contributed by atoms with Crippen LogP contribution in [0.5, 0.6) is 0 Å². The van der Waals surface area contributed by atoms with E-state index in [4.69, 9.17) is 0 Å². The second-order valence-electron chi connectivity index (χ2n) is 3.94. The van der Waals surface area contributed by atoms with Gasteiger partial charge in [-0.2, -0.15) is 0 Å². The van der Waals surface area contributed by atoms with Crippen LogP contribution in [0, 0.1) is 3.57 Å². The molecule has 0 amide bonds. The molecule has 3 heteroatoms. The summed E-state index contributed by atoms with van der Waals surface area (Å²) in [4.78, 5) is 11.2. The molecule has 0 aliphatic rings. The molecule has 1 rings (SSSR count). The Hall–Kier alpha value is -0.580. The minimum Gasteiger partial charge on any atom is -0.481 e. The van der Waals surface area contributed by atoms with Crippen molar-refractivity contribution in [2.45, 2.75) is 38.5 Å². The van der Waals surface area contributed by atoms with E-state index in [0.717, 1.165) is 34.8 Å². The number of rotatable bonds is 6. The zero-order valence-corrected chi connectivity index (χ0v) is 11.6. The average Bonchev–Trinajstić information content (AvgIpc) is 2.26. The molecule has 2 nitrogen and oxygen atoms in total. The Labute approximate surface area is 110 Å². The Morgan fingerprint density at radius 1 is 1.31 bits per heavy atom. The molecule has 0 aromatic heterocycles. The summed E-state index contributed by atoms with van der Waals surface area (Å²) in [6.45, 7) is 2.13. The monoisotopic (exact) mass is 332 g/mol. The van der Waals surface area contributed by atoms with Gasteiger partial charge in [0.15, 0.2) is 0 Å². The molecule has 0 saturated carbocycles. The van der Waals surface area contributed by atoms with E-state index in [1.807, 2.05) is 24.3 Å². The molecule has 0 heterocycles. The topological polar surface area (TPSA) is 37.3 Å². The Balaban J connectivity index is 2.69. The summed E-state index contributed by atoms with van der Waals surface area (Å²) in [5.41, 5.74) is 0.920. The van der Waals surface area contributed by atoms with Crippen molar-refractivity contribution >= 4 is 28.6 Å². The first-order chi connectivity index (χ1) is 7.65. The van der Waals surface area contributed by atoms with Crippen LogP contribution < -0.4 is 0 Å². The molecule has 1 aromatic rings. The van der Waals surface area contributed by atoms with Gasteiger partial charge in [0.2, 0.25) is 0 Å². The van der Waals surface area contributed by atoms with E-state index in [9.17, 15) is 9.90 Å². The lowest BCUT2D eigenvalue weighted by molar-refractivity contribution is -0.139. The fraction of sp³-hybridized carbons (Fsp3) is 0.462. The van der Waals surface area contributed by atoms with Gasteiger partial charge in [-0.1, -0.05) is 38.3 Å². The zero-order chi connectivity index (χ0) is 12.0. The fourth-order valence-electron chi connectivity index (χ4n) is 1.73. The van der Waals surface area contributed by atoms with Crippen LogP contribution >= 0.6 is 22.6 Å². The summed E-state index contributed by atoms with van der Waals surface area (Å²) >= 11 is 2.22. The van der Waals surface area contributed by atoms with Gasteiger partial charge < -0.3 is 5.11 Å². The summed E-state index contributed by atoms with van der Waals surface area (Å²) in [5, 5.41) is 9.19. The Morgan fingerprint density at radius 3 is 2.44 bits per heavy atom. The lowest BCUT2D eigenvalue weighted by atomic mass is 9.93. The van der Waals surface area contributed by atoms with Crippen molar-refractivity contribution < 1.29 is 9.90 Å². The highest BCUT2D eigenvalue weighted by Gasteiger charge is 2.18. The van der Waals surface area contributed by atoms with Gasteiger partial charge in [0.1, 0.15) is 0 Å². The number of carbonyl (C=O) groups is 1. The van der Waals surface area contributed by atoms with Crippen LogP contribution in [0.15, 0.2) is 24.3 Å². The SMILES string of the molecule is CCCCCC(C(=O)O)c1ccc(I)cc1. The van der Waals surface area contributed by atoms with Gasteiger partial charge in [0, 0.05) is 3.57 Å². The number of aliphatic carboxylic acids is 1. The smallest absolute Gasteiger partial charge is 0.310 e. The van der Waals surface area contributed by atoms with Gasteiger partial charge in [-0.15, -0.1) is 0 Å². The molecule has 1 unspecified atom stereocenters. The molecular weight excluding hydrogens is 315 g/mol. The Bertz CT molecular complexity index is 332. The van der Waals surface area contributed by atoms with Gasteiger partial charge in [0.05, 0.1) is 5.92 Å². The molecule has 16 heavy (non-hydrogen) atoms. The number of benzene rings is 1. The summed E-state index contributed by atoms with van der Waals surface area (Å²) in [5.74, 6) is -1.05. The van der Waals surface area contributed by atoms with E-state index in [1.165, 1.54) is 0 Å². The van der Waals surface area contributed by atoms with Gasteiger partial charge in [-0.25, -0.2) is 0 Å². The lowest BCUT2D eigenvalue weighted by Gasteiger charge is -2.12. The average molecular weight is 332 g/mol. The predicted molar refractivity (Wildman–Crippen MR) is 73.7 cm³/mol. The molecule has 1 atom stereocenters. The van der Waals surface area contributed by atoms with Gasteiger partial charge >= 0.3 is 5.97 Å². The van der Waals surface area contributed by atoms with E-state index in [1.54, 1.807) is 0 Å². The van der Waals surface area contributed by atoms with Gasteiger partial charge in [-0.3, -0.25) is 4.79 Å². The number of carboxylic acid groups (broad SMARTS) is 1. The van der Waals surface area contributed by atoms with Crippen LogP contribution in [0.4, 0.5) is 0 Å². The first-order valence-corrected chi connectivity index (χ1v) is 6.71. The highest BCUT2D eigenvalue weighted by molar-refractivity contribution is 14.1. The number of hydrogen-bond donors (Lipinski definition) is 1. The molecular formula is C13H17IO2. The van der Waals surface area contributed by atoms with Crippen molar-refractivity contribution in [2.75, 3.05) is 0 Å². The van der Waals surface area contributed by atoms with Gasteiger partial charge in [0.25, 0.3) is 0 Å². The molecule has 0 spiro atoms. The largest absolute Gasteiger partial charge is 0.481 e. The van der Waals surface area contributed by atoms with E-state index < -0.39 is 5.97 Å². The normalized spacial score (nSPS) is 12.4. The van der Waals surface area contributed by atoms with Crippen molar-refractivity contribution in [1.29, 1.82) is 0 Å². The van der Waals surface area contributed by atoms with E-state index in [0.29, 0.717) is 0 Å². The zero-order valence-electron chi connectivity index (χ0n) is 9.45. The van der Waals surface area contributed by atoms with Crippen LogP contribution in [-0.4, -0.2) is 11.1 Å². The minimum atomic E-state index is -0.711. The molecule has 0 aliphatic carbocycles. The number of carboxylic acids is 1. The van der Waals surface area contributed by atoms with Crippen LogP contribution in [0.2, 0.25) is 0 Å². The van der Waals surface area contributed by atoms with E-state index in [2.05, 4.69) is 29.5 Å². The van der Waals surface area contributed by atoms with Crippen molar-refractivity contribution in [1.82, 2.24) is 0 Å². The first-order valence-electron chi connectivity index (χ1n) is 5.63. The summed E-state index contributed by atoms with van der Waals surface area (Å²) < 4.78 is 1.14. The van der Waals surface area contributed by atoms with E-state index in [-0.39, 0.29) is 5.92 Å². The van der Waals surface area contributed by atoms with Crippen molar-refractivity contribution in [2.24, 2.45) is 0 Å². The molecule has 0 aliphatic heterocycles. The highest BCUT2D eigenvalue weighted by Crippen LogP contribution is 2.23. The molecule has 0 radical (unpaired) electrons. The third-order valence-corrected chi connectivity index (χ3v) is 3.39. The molecule has 88 valence electrons. The molecule has 1 N–H and O–H groups in total. The summed E-state index contributed by atoms with van der Waals surface area (Å²) in [6.07, 6.45) is 3.95. The van der Waals surface area contributed by atoms with E-state index >= 15 is 0 Å². The van der Waals surface area contributed by atoms with Crippen LogP contribution in [0.3, 0.4) is 0 Å². The van der Waals surface area contributed by atoms with Crippen LogP contribution in [0.1, 0.15) is 44.1 Å². The van der Waals surface area contributed by atoms with Crippen LogP contribution in [0.25, 0.3) is 0 Å². The third-order valence-electron chi connectivity index (χ3n) is 2.67. The quantitative estimate of drug-likeness (QED) is 0.631. The standard InChI is InChI=1S/C13H17IO2/c1-2-3-4-5-12(13(15)16)10-6-8-11(14)9-7-10/h6-9,12H,2-5H2,1H3,(H,15,16). The number of unbranched alkanes of at least 4 members (excludes halogenated alkanes) is 2. The van der Waals surface area contributed by atoms with Gasteiger partial charge in [-0.05, 0) is 46.7 Å². The summed E-state index contributed by atoms with van der Waals surface area (Å²) in [7, 11) is 0. The fourth-order valence-corrected chi connectivity index (χ4v) is 2.09.